The number of rotatable bonds is 5. The summed E-state index contributed by atoms with van der Waals surface area (Å²) in [6.07, 6.45) is 4.49. The summed E-state index contributed by atoms with van der Waals surface area (Å²) in [5, 5.41) is 6.23. The van der Waals surface area contributed by atoms with Crippen molar-refractivity contribution in [1.82, 2.24) is 15.0 Å². The minimum Gasteiger partial charge on any atom is -0.369 e. The molecule has 2 rings (SSSR count). The Bertz CT molecular complexity index is 498. The molecule has 5 heteroatoms. The highest BCUT2D eigenvalue weighted by atomic mass is 15.1. The maximum absolute atomic E-state index is 4.37. The van der Waals surface area contributed by atoms with Crippen LogP contribution in [-0.2, 0) is 6.42 Å². The van der Waals surface area contributed by atoms with Crippen molar-refractivity contribution in [2.24, 2.45) is 0 Å². The Morgan fingerprint density at radius 3 is 2.83 bits per heavy atom. The average Bonchev–Trinajstić information content (AvgIpc) is 2.42. The largest absolute Gasteiger partial charge is 0.369 e. The van der Waals surface area contributed by atoms with Gasteiger partial charge in [0.1, 0.15) is 5.82 Å². The molecule has 0 unspecified atom stereocenters. The van der Waals surface area contributed by atoms with Gasteiger partial charge in [0, 0.05) is 43.7 Å². The van der Waals surface area contributed by atoms with E-state index in [9.17, 15) is 0 Å². The Balaban J connectivity index is 1.94. The number of hydrogen-bond donors (Lipinski definition) is 2. The summed E-state index contributed by atoms with van der Waals surface area (Å²) in [5.74, 6) is 1.49. The molecule has 0 radical (unpaired) electrons. The van der Waals surface area contributed by atoms with Crippen molar-refractivity contribution in [2.45, 2.75) is 13.3 Å². The summed E-state index contributed by atoms with van der Waals surface area (Å²) in [6.45, 7) is 2.79. The van der Waals surface area contributed by atoms with Gasteiger partial charge in [0.2, 0.25) is 5.95 Å². The standard InChI is InChI=1S/C13H17N5/c1-10-9-17-13(14-2)18-12(10)16-8-6-11-5-3-4-7-15-11/h3-5,7,9H,6,8H2,1-2H3,(H2,14,16,17,18). The first-order valence-corrected chi connectivity index (χ1v) is 5.95. The molecule has 0 amide bonds. The molecule has 0 saturated heterocycles. The van der Waals surface area contributed by atoms with Crippen LogP contribution in [-0.4, -0.2) is 28.5 Å². The van der Waals surface area contributed by atoms with Gasteiger partial charge in [-0.05, 0) is 19.1 Å². The van der Waals surface area contributed by atoms with E-state index in [1.54, 1.807) is 0 Å². The fourth-order valence-electron chi connectivity index (χ4n) is 1.60. The lowest BCUT2D eigenvalue weighted by Crippen LogP contribution is -2.10. The van der Waals surface area contributed by atoms with Crippen LogP contribution in [0.5, 0.6) is 0 Å². The molecule has 2 aromatic rings. The van der Waals surface area contributed by atoms with Crippen molar-refractivity contribution in [3.63, 3.8) is 0 Å². The van der Waals surface area contributed by atoms with Crippen molar-refractivity contribution >= 4 is 11.8 Å². The van der Waals surface area contributed by atoms with Gasteiger partial charge in [-0.3, -0.25) is 4.98 Å². The molecule has 0 bridgehead atoms. The van der Waals surface area contributed by atoms with Crippen LogP contribution in [0.3, 0.4) is 0 Å². The third kappa shape index (κ3) is 3.16. The lowest BCUT2D eigenvalue weighted by molar-refractivity contribution is 0.947. The monoisotopic (exact) mass is 243 g/mol. The minimum atomic E-state index is 0.626. The topological polar surface area (TPSA) is 62.7 Å². The summed E-state index contributed by atoms with van der Waals surface area (Å²) >= 11 is 0. The lowest BCUT2D eigenvalue weighted by Gasteiger charge is -2.09. The molecule has 18 heavy (non-hydrogen) atoms. The zero-order chi connectivity index (χ0) is 12.8. The zero-order valence-electron chi connectivity index (χ0n) is 10.6. The summed E-state index contributed by atoms with van der Waals surface area (Å²) in [7, 11) is 1.81. The van der Waals surface area contributed by atoms with E-state index in [1.165, 1.54) is 0 Å². The summed E-state index contributed by atoms with van der Waals surface area (Å²) < 4.78 is 0. The maximum atomic E-state index is 4.37. The van der Waals surface area contributed by atoms with Crippen molar-refractivity contribution in [1.29, 1.82) is 0 Å². The van der Waals surface area contributed by atoms with Crippen molar-refractivity contribution in [3.8, 4) is 0 Å². The second-order valence-electron chi connectivity index (χ2n) is 3.97. The molecular formula is C13H17N5. The lowest BCUT2D eigenvalue weighted by atomic mass is 10.2. The quantitative estimate of drug-likeness (QED) is 0.839. The van der Waals surface area contributed by atoms with Crippen LogP contribution < -0.4 is 10.6 Å². The number of nitrogens with zero attached hydrogens (tertiary/aromatic N) is 3. The molecule has 0 saturated carbocycles. The van der Waals surface area contributed by atoms with Gasteiger partial charge in [-0.25, -0.2) is 4.98 Å². The first kappa shape index (κ1) is 12.3. The molecule has 2 aromatic heterocycles. The highest BCUT2D eigenvalue weighted by molar-refractivity contribution is 5.46. The van der Waals surface area contributed by atoms with E-state index in [0.717, 1.165) is 30.0 Å². The minimum absolute atomic E-state index is 0.626. The van der Waals surface area contributed by atoms with Gasteiger partial charge < -0.3 is 10.6 Å². The van der Waals surface area contributed by atoms with Gasteiger partial charge >= 0.3 is 0 Å². The van der Waals surface area contributed by atoms with E-state index in [-0.39, 0.29) is 0 Å². The second kappa shape index (κ2) is 5.95. The third-order valence-electron chi connectivity index (χ3n) is 2.60. The second-order valence-corrected chi connectivity index (χ2v) is 3.97. The van der Waals surface area contributed by atoms with Crippen molar-refractivity contribution in [2.75, 3.05) is 24.2 Å². The number of aromatic nitrogens is 3. The van der Waals surface area contributed by atoms with Crippen LogP contribution in [0.25, 0.3) is 0 Å². The molecule has 0 aliphatic carbocycles. The molecular weight excluding hydrogens is 226 g/mol. The van der Waals surface area contributed by atoms with E-state index in [0.29, 0.717) is 5.95 Å². The van der Waals surface area contributed by atoms with Crippen LogP contribution in [0.1, 0.15) is 11.3 Å². The van der Waals surface area contributed by atoms with Crippen LogP contribution >= 0.6 is 0 Å². The molecule has 0 atom stereocenters. The molecule has 0 spiro atoms. The van der Waals surface area contributed by atoms with Crippen molar-refractivity contribution in [3.05, 3.63) is 41.9 Å². The molecule has 2 heterocycles. The molecule has 2 N–H and O–H groups in total. The number of anilines is 2. The Morgan fingerprint density at radius 1 is 1.22 bits per heavy atom. The van der Waals surface area contributed by atoms with Gasteiger partial charge in [-0.2, -0.15) is 4.98 Å². The van der Waals surface area contributed by atoms with E-state index < -0.39 is 0 Å². The summed E-state index contributed by atoms with van der Waals surface area (Å²) in [6, 6.07) is 5.94. The smallest absolute Gasteiger partial charge is 0.224 e. The predicted octanol–water partition coefficient (Wildman–Crippen LogP) is 1.88. The van der Waals surface area contributed by atoms with Gasteiger partial charge in [-0.1, -0.05) is 6.07 Å². The fraction of sp³-hybridized carbons (Fsp3) is 0.308. The van der Waals surface area contributed by atoms with Gasteiger partial charge in [0.05, 0.1) is 0 Å². The summed E-state index contributed by atoms with van der Waals surface area (Å²) in [4.78, 5) is 12.8. The first-order valence-electron chi connectivity index (χ1n) is 5.95. The highest BCUT2D eigenvalue weighted by Crippen LogP contribution is 2.11. The zero-order valence-corrected chi connectivity index (χ0v) is 10.6. The van der Waals surface area contributed by atoms with Gasteiger partial charge in [0.15, 0.2) is 0 Å². The fourth-order valence-corrected chi connectivity index (χ4v) is 1.60. The molecule has 0 aliphatic rings. The first-order chi connectivity index (χ1) is 8.79. The van der Waals surface area contributed by atoms with Gasteiger partial charge in [0.25, 0.3) is 0 Å². The average molecular weight is 243 g/mol. The van der Waals surface area contributed by atoms with Crippen LogP contribution in [0.4, 0.5) is 11.8 Å². The number of hydrogen-bond acceptors (Lipinski definition) is 5. The Kier molecular flexibility index (Phi) is 4.06. The predicted molar refractivity (Wildman–Crippen MR) is 72.7 cm³/mol. The van der Waals surface area contributed by atoms with E-state index >= 15 is 0 Å². The van der Waals surface area contributed by atoms with Gasteiger partial charge in [-0.15, -0.1) is 0 Å². The van der Waals surface area contributed by atoms with Crippen LogP contribution in [0, 0.1) is 6.92 Å². The molecule has 94 valence electrons. The maximum Gasteiger partial charge on any atom is 0.224 e. The molecule has 0 aliphatic heterocycles. The molecule has 0 fully saturated rings. The molecule has 5 nitrogen and oxygen atoms in total. The third-order valence-corrected chi connectivity index (χ3v) is 2.60. The van der Waals surface area contributed by atoms with E-state index in [1.807, 2.05) is 44.6 Å². The Morgan fingerprint density at radius 2 is 2.11 bits per heavy atom. The Hall–Kier alpha value is -2.17. The van der Waals surface area contributed by atoms with Crippen LogP contribution in [0.2, 0.25) is 0 Å². The number of nitrogens with one attached hydrogen (secondary N) is 2. The SMILES string of the molecule is CNc1ncc(C)c(NCCc2ccccn2)n1. The number of aryl methyl sites for hydroxylation is 1. The van der Waals surface area contributed by atoms with E-state index in [4.69, 9.17) is 0 Å². The highest BCUT2D eigenvalue weighted by Gasteiger charge is 2.02. The Labute approximate surface area is 107 Å². The summed E-state index contributed by atoms with van der Waals surface area (Å²) in [5.41, 5.74) is 2.11. The normalized spacial score (nSPS) is 10.1. The van der Waals surface area contributed by atoms with Crippen molar-refractivity contribution < 1.29 is 0 Å². The van der Waals surface area contributed by atoms with Crippen LogP contribution in [0.15, 0.2) is 30.6 Å². The molecule has 0 aromatic carbocycles. The number of pyridine rings is 1. The van der Waals surface area contributed by atoms with E-state index in [2.05, 4.69) is 25.6 Å².